The molecular weight excluding hydrogens is 430 g/mol. The van der Waals surface area contributed by atoms with Gasteiger partial charge in [-0.3, -0.25) is 9.59 Å². The van der Waals surface area contributed by atoms with Gasteiger partial charge in [0.2, 0.25) is 0 Å². The normalized spacial score (nSPS) is 17.7. The lowest BCUT2D eigenvalue weighted by molar-refractivity contribution is -0.140. The number of likely N-dealkylation sites (tertiary alicyclic amines) is 1. The van der Waals surface area contributed by atoms with Gasteiger partial charge in [-0.25, -0.2) is 4.98 Å². The first-order valence-electron chi connectivity index (χ1n) is 10.1. The van der Waals surface area contributed by atoms with Crippen LogP contribution in [0.3, 0.4) is 0 Å². The number of carbonyl (C=O) groups is 2. The van der Waals surface area contributed by atoms with Crippen LogP contribution in [0.1, 0.15) is 23.6 Å². The van der Waals surface area contributed by atoms with Crippen molar-refractivity contribution in [2.45, 2.75) is 19.0 Å². The van der Waals surface area contributed by atoms with E-state index in [1.807, 2.05) is 22.9 Å². The van der Waals surface area contributed by atoms with Gasteiger partial charge in [-0.2, -0.15) is 0 Å². The van der Waals surface area contributed by atoms with Gasteiger partial charge in [-0.1, -0.05) is 29.8 Å². The third kappa shape index (κ3) is 4.11. The van der Waals surface area contributed by atoms with Crippen molar-refractivity contribution in [3.63, 3.8) is 0 Å². The molecule has 3 aromatic rings. The van der Waals surface area contributed by atoms with Gasteiger partial charge in [0, 0.05) is 41.6 Å². The number of hydrogen-bond acceptors (Lipinski definition) is 5. The Morgan fingerprint density at radius 1 is 1.12 bits per heavy atom. The van der Waals surface area contributed by atoms with Crippen molar-refractivity contribution in [1.29, 1.82) is 0 Å². The number of aromatic nitrogens is 2. The zero-order valence-corrected chi connectivity index (χ0v) is 18.2. The molecule has 7 nitrogen and oxygen atoms in total. The number of ketones is 1. The van der Waals surface area contributed by atoms with E-state index in [2.05, 4.69) is 4.98 Å². The number of aliphatic hydroxyl groups is 1. The van der Waals surface area contributed by atoms with E-state index < -0.39 is 17.7 Å². The van der Waals surface area contributed by atoms with Crippen LogP contribution in [-0.4, -0.2) is 44.9 Å². The number of para-hydroxylation sites is 1. The minimum Gasteiger partial charge on any atom is -0.507 e. The Balaban J connectivity index is 1.77. The second-order valence-corrected chi connectivity index (χ2v) is 7.83. The highest BCUT2D eigenvalue weighted by Crippen LogP contribution is 2.42. The Hall–Kier alpha value is -3.58. The summed E-state index contributed by atoms with van der Waals surface area (Å²) in [5.41, 5.74) is 1.07. The van der Waals surface area contributed by atoms with Crippen molar-refractivity contribution in [2.75, 3.05) is 13.7 Å². The van der Waals surface area contributed by atoms with E-state index >= 15 is 0 Å². The molecule has 2 aromatic carbocycles. The summed E-state index contributed by atoms with van der Waals surface area (Å²) in [7, 11) is 1.53. The average Bonchev–Trinajstić information content (AvgIpc) is 3.41. The fourth-order valence-electron chi connectivity index (χ4n) is 3.93. The second-order valence-electron chi connectivity index (χ2n) is 7.40. The first-order chi connectivity index (χ1) is 15.5. The van der Waals surface area contributed by atoms with Crippen molar-refractivity contribution in [3.8, 4) is 5.75 Å². The molecule has 0 saturated carbocycles. The minimum absolute atomic E-state index is 0.0319. The number of rotatable bonds is 7. The molecule has 0 radical (unpaired) electrons. The summed E-state index contributed by atoms with van der Waals surface area (Å²) < 4.78 is 7.41. The highest BCUT2D eigenvalue weighted by Gasteiger charge is 2.46. The van der Waals surface area contributed by atoms with Crippen LogP contribution in [0.2, 0.25) is 5.02 Å². The number of hydrogen-bond donors (Lipinski definition) is 1. The molecule has 1 saturated heterocycles. The summed E-state index contributed by atoms with van der Waals surface area (Å²) in [5, 5.41) is 11.6. The number of amides is 1. The van der Waals surface area contributed by atoms with E-state index in [1.54, 1.807) is 48.9 Å². The van der Waals surface area contributed by atoms with Gasteiger partial charge in [0.1, 0.15) is 11.5 Å². The number of carbonyl (C=O) groups excluding carboxylic acids is 2. The topological polar surface area (TPSA) is 84.7 Å². The number of imidazole rings is 1. The minimum atomic E-state index is -0.774. The third-order valence-corrected chi connectivity index (χ3v) is 5.72. The van der Waals surface area contributed by atoms with Crippen LogP contribution in [0, 0.1) is 0 Å². The van der Waals surface area contributed by atoms with Crippen molar-refractivity contribution in [3.05, 3.63) is 89.0 Å². The largest absolute Gasteiger partial charge is 0.507 e. The summed E-state index contributed by atoms with van der Waals surface area (Å²) in [5.74, 6) is -1.09. The predicted molar refractivity (Wildman–Crippen MR) is 120 cm³/mol. The molecule has 8 heteroatoms. The number of nitrogens with zero attached hydrogens (tertiary/aromatic N) is 3. The smallest absolute Gasteiger partial charge is 0.295 e. The monoisotopic (exact) mass is 451 g/mol. The molecule has 1 fully saturated rings. The van der Waals surface area contributed by atoms with E-state index in [9.17, 15) is 14.7 Å². The van der Waals surface area contributed by atoms with Gasteiger partial charge in [0.25, 0.3) is 11.7 Å². The Bertz CT molecular complexity index is 1160. The van der Waals surface area contributed by atoms with Crippen LogP contribution in [0.15, 0.2) is 72.8 Å². The van der Waals surface area contributed by atoms with Crippen LogP contribution in [0.4, 0.5) is 0 Å². The lowest BCUT2D eigenvalue weighted by Gasteiger charge is -2.26. The second kappa shape index (κ2) is 9.28. The van der Waals surface area contributed by atoms with Gasteiger partial charge >= 0.3 is 0 Å². The molecule has 4 rings (SSSR count). The zero-order chi connectivity index (χ0) is 22.7. The molecule has 1 aromatic heterocycles. The SMILES string of the molecule is COc1ccccc1[C@@H]1C(=C(O)c2ccc(Cl)cc2)C(=O)C(=O)N1CCCn1ccnc1. The van der Waals surface area contributed by atoms with Gasteiger partial charge in [-0.05, 0) is 36.8 Å². The van der Waals surface area contributed by atoms with E-state index in [1.165, 1.54) is 12.0 Å². The fraction of sp³-hybridized carbons (Fsp3) is 0.208. The lowest BCUT2D eigenvalue weighted by Crippen LogP contribution is -2.31. The number of ether oxygens (including phenoxy) is 1. The third-order valence-electron chi connectivity index (χ3n) is 5.47. The number of methoxy groups -OCH3 is 1. The van der Waals surface area contributed by atoms with Crippen molar-refractivity contribution in [2.24, 2.45) is 0 Å². The van der Waals surface area contributed by atoms with E-state index in [0.717, 1.165) is 0 Å². The molecule has 1 atom stereocenters. The molecule has 0 bridgehead atoms. The van der Waals surface area contributed by atoms with Crippen LogP contribution < -0.4 is 4.74 Å². The van der Waals surface area contributed by atoms with E-state index in [4.69, 9.17) is 16.3 Å². The number of benzene rings is 2. The van der Waals surface area contributed by atoms with Crippen molar-refractivity contribution < 1.29 is 19.4 Å². The molecule has 1 N–H and O–H groups in total. The molecule has 1 aliphatic heterocycles. The Morgan fingerprint density at radius 3 is 2.56 bits per heavy atom. The van der Waals surface area contributed by atoms with Crippen LogP contribution >= 0.6 is 11.6 Å². The molecule has 1 aliphatic rings. The standard InChI is InChI=1S/C24H22ClN3O4/c1-32-19-6-3-2-5-18(19)21-20(22(29)16-7-9-17(25)10-8-16)23(30)24(31)28(21)13-4-12-27-14-11-26-15-27/h2-3,5-11,14-15,21,29H,4,12-13H2,1H3/t21-/m1/s1. The maximum absolute atomic E-state index is 13.1. The zero-order valence-electron chi connectivity index (χ0n) is 17.4. The molecule has 0 spiro atoms. The van der Waals surface area contributed by atoms with Crippen LogP contribution in [-0.2, 0) is 16.1 Å². The quantitative estimate of drug-likeness (QED) is 0.332. The summed E-state index contributed by atoms with van der Waals surface area (Å²) in [6.07, 6.45) is 5.84. The molecule has 2 heterocycles. The first-order valence-corrected chi connectivity index (χ1v) is 10.5. The molecule has 32 heavy (non-hydrogen) atoms. The first kappa shape index (κ1) is 21.6. The molecule has 1 amide bonds. The van der Waals surface area contributed by atoms with Crippen molar-refractivity contribution >= 4 is 29.1 Å². The van der Waals surface area contributed by atoms with Gasteiger partial charge in [0.05, 0.1) is 25.1 Å². The Labute approximate surface area is 190 Å². The number of aliphatic hydroxyl groups excluding tert-OH is 1. The molecular formula is C24H22ClN3O4. The average molecular weight is 452 g/mol. The highest BCUT2D eigenvalue weighted by atomic mass is 35.5. The van der Waals surface area contributed by atoms with Gasteiger partial charge < -0.3 is 19.3 Å². The van der Waals surface area contributed by atoms with Crippen LogP contribution in [0.25, 0.3) is 5.76 Å². The Kier molecular flexibility index (Phi) is 6.28. The maximum atomic E-state index is 13.1. The number of Topliss-reactive ketones (excluding diaryl/α,β-unsaturated/α-hetero) is 1. The summed E-state index contributed by atoms with van der Waals surface area (Å²) in [6, 6.07) is 12.9. The van der Waals surface area contributed by atoms with E-state index in [-0.39, 0.29) is 11.3 Å². The van der Waals surface area contributed by atoms with Gasteiger partial charge in [0.15, 0.2) is 0 Å². The maximum Gasteiger partial charge on any atom is 0.295 e. The number of halogens is 1. The number of aryl methyl sites for hydroxylation is 1. The molecule has 164 valence electrons. The molecule has 0 unspecified atom stereocenters. The molecule has 0 aliphatic carbocycles. The summed E-state index contributed by atoms with van der Waals surface area (Å²) in [6.45, 7) is 0.960. The summed E-state index contributed by atoms with van der Waals surface area (Å²) in [4.78, 5) is 31.6. The van der Waals surface area contributed by atoms with Gasteiger partial charge in [-0.15, -0.1) is 0 Å². The highest BCUT2D eigenvalue weighted by molar-refractivity contribution is 6.46. The van der Waals surface area contributed by atoms with Crippen molar-refractivity contribution in [1.82, 2.24) is 14.5 Å². The summed E-state index contributed by atoms with van der Waals surface area (Å²) >= 11 is 5.96. The van der Waals surface area contributed by atoms with Crippen LogP contribution in [0.5, 0.6) is 5.75 Å². The lowest BCUT2D eigenvalue weighted by atomic mass is 9.94. The Morgan fingerprint density at radius 2 is 1.88 bits per heavy atom. The fourth-order valence-corrected chi connectivity index (χ4v) is 4.06. The predicted octanol–water partition coefficient (Wildman–Crippen LogP) is 4.06. The van der Waals surface area contributed by atoms with E-state index in [0.29, 0.717) is 41.4 Å².